The van der Waals surface area contributed by atoms with Crippen molar-refractivity contribution in [2.45, 2.75) is 31.5 Å². The van der Waals surface area contributed by atoms with Crippen LogP contribution in [0.4, 0.5) is 13.2 Å². The monoisotopic (exact) mass is 328 g/mol. The smallest absolute Gasteiger partial charge is 0.340 e. The summed E-state index contributed by atoms with van der Waals surface area (Å²) in [6.45, 7) is 1.57. The number of rotatable bonds is 2. The molecule has 0 spiro atoms. The first-order chi connectivity index (χ1) is 9.66. The minimum Gasteiger partial charge on any atom is -0.340 e. The van der Waals surface area contributed by atoms with Crippen molar-refractivity contribution in [3.05, 3.63) is 0 Å². The molecule has 2 fully saturated rings. The molecule has 2 rings (SSSR count). The fourth-order valence-corrected chi connectivity index (χ4v) is 4.33. The summed E-state index contributed by atoms with van der Waals surface area (Å²) in [4.78, 5) is 14.8. The van der Waals surface area contributed by atoms with E-state index in [1.54, 1.807) is 0 Å². The molecule has 0 atom stereocenters. The van der Waals surface area contributed by atoms with Crippen molar-refractivity contribution in [2.75, 3.05) is 37.7 Å². The van der Waals surface area contributed by atoms with Crippen molar-refractivity contribution in [1.29, 1.82) is 0 Å². The molecule has 2 aliphatic heterocycles. The van der Waals surface area contributed by atoms with E-state index in [0.717, 1.165) is 0 Å². The molecule has 0 saturated carbocycles. The number of nitrogens with zero attached hydrogens (tertiary/aromatic N) is 2. The normalized spacial score (nSPS) is 25.0. The minimum absolute atomic E-state index is 0.161. The molecule has 0 radical (unpaired) electrons. The summed E-state index contributed by atoms with van der Waals surface area (Å²) in [6.07, 6.45) is -4.74. The Morgan fingerprint density at radius 3 is 2.05 bits per heavy atom. The molecule has 1 amide bonds. The third-order valence-electron chi connectivity index (χ3n) is 4.06. The van der Waals surface area contributed by atoms with Crippen LogP contribution in [-0.2, 0) is 14.6 Å². The summed E-state index contributed by atoms with van der Waals surface area (Å²) in [5.74, 6) is -0.538. The van der Waals surface area contributed by atoms with Crippen molar-refractivity contribution < 1.29 is 26.4 Å². The van der Waals surface area contributed by atoms with E-state index in [2.05, 4.69) is 4.90 Å². The van der Waals surface area contributed by atoms with E-state index in [1.807, 2.05) is 0 Å². The van der Waals surface area contributed by atoms with Crippen LogP contribution >= 0.6 is 0 Å². The summed E-state index contributed by atoms with van der Waals surface area (Å²) >= 11 is 0. The van der Waals surface area contributed by atoms with Crippen molar-refractivity contribution in [1.82, 2.24) is 9.80 Å². The molecule has 0 bridgehead atoms. The first-order valence-electron chi connectivity index (χ1n) is 6.95. The number of carbonyl (C=O) groups is 1. The van der Waals surface area contributed by atoms with E-state index in [-0.39, 0.29) is 30.6 Å². The van der Waals surface area contributed by atoms with Gasteiger partial charge in [-0.05, 0) is 12.8 Å². The zero-order chi connectivity index (χ0) is 15.7. The average molecular weight is 328 g/mol. The van der Waals surface area contributed by atoms with Gasteiger partial charge in [0.05, 0.1) is 11.5 Å². The Kier molecular flexibility index (Phi) is 4.82. The number of piperazine rings is 1. The second-order valence-corrected chi connectivity index (χ2v) is 7.90. The van der Waals surface area contributed by atoms with Crippen LogP contribution in [0.1, 0.15) is 19.3 Å². The number of hydrogen-bond donors (Lipinski definition) is 0. The number of sulfone groups is 1. The lowest BCUT2D eigenvalue weighted by Gasteiger charge is -2.40. The molecule has 0 aliphatic carbocycles. The van der Waals surface area contributed by atoms with Gasteiger partial charge in [0.25, 0.3) is 0 Å². The van der Waals surface area contributed by atoms with Gasteiger partial charge >= 0.3 is 6.18 Å². The van der Waals surface area contributed by atoms with E-state index in [4.69, 9.17) is 0 Å². The highest BCUT2D eigenvalue weighted by Crippen LogP contribution is 2.23. The van der Waals surface area contributed by atoms with Gasteiger partial charge < -0.3 is 4.90 Å². The first kappa shape index (κ1) is 16.5. The number of halogens is 3. The van der Waals surface area contributed by atoms with Crippen LogP contribution in [0, 0.1) is 0 Å². The molecule has 21 heavy (non-hydrogen) atoms. The molecule has 0 unspecified atom stereocenters. The molecular formula is C12H19F3N2O3S. The molecule has 2 heterocycles. The quantitative estimate of drug-likeness (QED) is 0.747. The highest BCUT2D eigenvalue weighted by Gasteiger charge is 2.35. The van der Waals surface area contributed by atoms with Crippen molar-refractivity contribution in [3.63, 3.8) is 0 Å². The van der Waals surface area contributed by atoms with Gasteiger partial charge in [-0.25, -0.2) is 8.42 Å². The topological polar surface area (TPSA) is 57.7 Å². The van der Waals surface area contributed by atoms with Crippen molar-refractivity contribution >= 4 is 15.7 Å². The molecule has 5 nitrogen and oxygen atoms in total. The van der Waals surface area contributed by atoms with E-state index in [1.165, 1.54) is 4.90 Å². The van der Waals surface area contributed by atoms with Crippen LogP contribution in [0.15, 0.2) is 0 Å². The summed E-state index contributed by atoms with van der Waals surface area (Å²) in [5, 5.41) is 0. The van der Waals surface area contributed by atoms with Gasteiger partial charge in [-0.3, -0.25) is 9.69 Å². The minimum atomic E-state index is -4.47. The maximum Gasteiger partial charge on any atom is 0.397 e. The molecule has 0 aromatic rings. The van der Waals surface area contributed by atoms with Crippen LogP contribution in [0.2, 0.25) is 0 Å². The van der Waals surface area contributed by atoms with Crippen LogP contribution in [-0.4, -0.2) is 74.0 Å². The Hall–Kier alpha value is -0.830. The molecule has 0 aromatic carbocycles. The highest BCUT2D eigenvalue weighted by molar-refractivity contribution is 7.91. The molecule has 0 N–H and O–H groups in total. The maximum atomic E-state index is 12.2. The summed E-state index contributed by atoms with van der Waals surface area (Å²) in [6, 6.07) is 0.161. The lowest BCUT2D eigenvalue weighted by molar-refractivity contribution is -0.162. The Morgan fingerprint density at radius 1 is 1.05 bits per heavy atom. The van der Waals surface area contributed by atoms with Crippen LogP contribution in [0.25, 0.3) is 0 Å². The zero-order valence-electron chi connectivity index (χ0n) is 11.6. The Morgan fingerprint density at radius 2 is 1.57 bits per heavy atom. The molecule has 2 saturated heterocycles. The van der Waals surface area contributed by atoms with E-state index in [9.17, 15) is 26.4 Å². The lowest BCUT2D eigenvalue weighted by Crippen LogP contribution is -2.53. The van der Waals surface area contributed by atoms with E-state index >= 15 is 0 Å². The number of carbonyl (C=O) groups excluding carboxylic acids is 1. The predicted octanol–water partition coefficient (Wildman–Crippen LogP) is 0.660. The third-order valence-corrected chi connectivity index (χ3v) is 5.77. The highest BCUT2D eigenvalue weighted by atomic mass is 32.2. The largest absolute Gasteiger partial charge is 0.397 e. The summed E-state index contributed by atoms with van der Waals surface area (Å²) < 4.78 is 59.3. The Labute approximate surface area is 122 Å². The Balaban J connectivity index is 1.80. The fraction of sp³-hybridized carbons (Fsp3) is 0.917. The molecule has 122 valence electrons. The predicted molar refractivity (Wildman–Crippen MR) is 70.5 cm³/mol. The number of amides is 1. The summed E-state index contributed by atoms with van der Waals surface area (Å²) in [5.41, 5.74) is 0. The SMILES string of the molecule is O=C(CC(F)(F)F)N1CCN(C2CCS(=O)(=O)CC2)CC1. The summed E-state index contributed by atoms with van der Waals surface area (Å²) in [7, 11) is -2.92. The standard InChI is InChI=1S/C12H19F3N2O3S/c13-12(14,15)9-11(18)17-5-3-16(4-6-17)10-1-7-21(19,20)8-2-10/h10H,1-9H2. The second-order valence-electron chi connectivity index (χ2n) is 5.59. The molecular weight excluding hydrogens is 309 g/mol. The molecule has 0 aromatic heterocycles. The number of alkyl halides is 3. The van der Waals surface area contributed by atoms with Gasteiger partial charge in [-0.1, -0.05) is 0 Å². The van der Waals surface area contributed by atoms with Gasteiger partial charge in [-0.2, -0.15) is 13.2 Å². The van der Waals surface area contributed by atoms with Gasteiger partial charge in [0.2, 0.25) is 5.91 Å². The van der Waals surface area contributed by atoms with Crippen LogP contribution in [0.3, 0.4) is 0 Å². The van der Waals surface area contributed by atoms with Crippen LogP contribution < -0.4 is 0 Å². The van der Waals surface area contributed by atoms with Crippen molar-refractivity contribution in [3.8, 4) is 0 Å². The third kappa shape index (κ3) is 4.84. The molecule has 2 aliphatic rings. The number of hydrogen-bond acceptors (Lipinski definition) is 4. The van der Waals surface area contributed by atoms with Gasteiger partial charge in [0, 0.05) is 32.2 Å². The maximum absolute atomic E-state index is 12.2. The van der Waals surface area contributed by atoms with Gasteiger partial charge in [-0.15, -0.1) is 0 Å². The average Bonchev–Trinajstić information content (AvgIpc) is 2.37. The molecule has 9 heteroatoms. The van der Waals surface area contributed by atoms with Crippen LogP contribution in [0.5, 0.6) is 0 Å². The second kappa shape index (κ2) is 6.12. The fourth-order valence-electron chi connectivity index (χ4n) is 2.86. The van der Waals surface area contributed by atoms with Crippen molar-refractivity contribution in [2.24, 2.45) is 0 Å². The van der Waals surface area contributed by atoms with E-state index in [0.29, 0.717) is 25.9 Å². The zero-order valence-corrected chi connectivity index (χ0v) is 12.4. The Bertz CT molecular complexity index is 470. The lowest BCUT2D eigenvalue weighted by atomic mass is 10.1. The van der Waals surface area contributed by atoms with Gasteiger partial charge in [0.1, 0.15) is 16.3 Å². The first-order valence-corrected chi connectivity index (χ1v) is 8.77. The van der Waals surface area contributed by atoms with E-state index < -0.39 is 28.3 Å². The van der Waals surface area contributed by atoms with Gasteiger partial charge in [0.15, 0.2) is 0 Å².